The molecule has 0 unspecified atom stereocenters. The van der Waals surface area contributed by atoms with Gasteiger partial charge < -0.3 is 4.90 Å². The largest absolute Gasteiger partial charge is 0.341 e. The lowest BCUT2D eigenvalue weighted by molar-refractivity contribution is -0.136. The summed E-state index contributed by atoms with van der Waals surface area (Å²) in [7, 11) is 0. The summed E-state index contributed by atoms with van der Waals surface area (Å²) in [5, 5.41) is 8.88. The Morgan fingerprint density at radius 2 is 1.75 bits per heavy atom. The molecular formula is C20H27N3O. The van der Waals surface area contributed by atoms with Crippen LogP contribution in [-0.4, -0.2) is 41.9 Å². The normalized spacial score (nSPS) is 20.4. The van der Waals surface area contributed by atoms with Crippen molar-refractivity contribution in [1.82, 2.24) is 9.80 Å². The van der Waals surface area contributed by atoms with Crippen LogP contribution in [0.3, 0.4) is 0 Å². The van der Waals surface area contributed by atoms with Gasteiger partial charge in [0.05, 0.1) is 11.6 Å². The Morgan fingerprint density at radius 1 is 1.00 bits per heavy atom. The Bertz CT molecular complexity index is 584. The lowest BCUT2D eigenvalue weighted by Gasteiger charge is -2.28. The van der Waals surface area contributed by atoms with Crippen LogP contribution in [0.1, 0.15) is 49.7 Å². The van der Waals surface area contributed by atoms with Crippen LogP contribution < -0.4 is 0 Å². The number of nitriles is 1. The van der Waals surface area contributed by atoms with E-state index in [0.29, 0.717) is 11.5 Å². The molecule has 0 radical (unpaired) electrons. The van der Waals surface area contributed by atoms with Gasteiger partial charge in [0, 0.05) is 38.6 Å². The first kappa shape index (κ1) is 17.0. The SMILES string of the molecule is N#Cc1ccc(CN2CCCN(C(=O)C3CCCCC3)CC2)cc1. The maximum Gasteiger partial charge on any atom is 0.225 e. The van der Waals surface area contributed by atoms with Crippen molar-refractivity contribution < 1.29 is 4.79 Å². The second kappa shape index (κ2) is 8.30. The van der Waals surface area contributed by atoms with Crippen molar-refractivity contribution >= 4 is 5.91 Å². The highest BCUT2D eigenvalue weighted by Gasteiger charge is 2.27. The van der Waals surface area contributed by atoms with Crippen molar-refractivity contribution in [2.24, 2.45) is 5.92 Å². The third kappa shape index (κ3) is 4.36. The van der Waals surface area contributed by atoms with E-state index in [1.165, 1.54) is 24.8 Å². The van der Waals surface area contributed by atoms with Crippen molar-refractivity contribution in [3.63, 3.8) is 0 Å². The predicted molar refractivity (Wildman–Crippen MR) is 94.2 cm³/mol. The third-order valence-electron chi connectivity index (χ3n) is 5.34. The molecule has 0 bridgehead atoms. The molecule has 3 rings (SSSR count). The highest BCUT2D eigenvalue weighted by Crippen LogP contribution is 2.26. The van der Waals surface area contributed by atoms with Crippen molar-refractivity contribution in [3.05, 3.63) is 35.4 Å². The molecule has 128 valence electrons. The van der Waals surface area contributed by atoms with E-state index in [4.69, 9.17) is 5.26 Å². The number of nitrogens with zero attached hydrogens (tertiary/aromatic N) is 3. The standard InChI is InChI=1S/C20H27N3O/c21-15-17-7-9-18(10-8-17)16-22-11-4-12-23(14-13-22)20(24)19-5-2-1-3-6-19/h7-10,19H,1-6,11-14,16H2. The van der Waals surface area contributed by atoms with Crippen LogP contribution in [0.15, 0.2) is 24.3 Å². The molecular weight excluding hydrogens is 298 g/mol. The molecule has 0 atom stereocenters. The molecule has 2 fully saturated rings. The second-order valence-corrected chi connectivity index (χ2v) is 7.10. The van der Waals surface area contributed by atoms with E-state index in [1.54, 1.807) is 0 Å². The monoisotopic (exact) mass is 325 g/mol. The predicted octanol–water partition coefficient (Wildman–Crippen LogP) is 3.17. The molecule has 24 heavy (non-hydrogen) atoms. The number of hydrogen-bond donors (Lipinski definition) is 0. The van der Waals surface area contributed by atoms with E-state index in [1.807, 2.05) is 24.3 Å². The minimum atomic E-state index is 0.281. The maximum absolute atomic E-state index is 12.7. The molecule has 2 aliphatic rings. The maximum atomic E-state index is 12.7. The molecule has 1 saturated carbocycles. The van der Waals surface area contributed by atoms with Gasteiger partial charge in [-0.2, -0.15) is 5.26 Å². The molecule has 1 aromatic carbocycles. The minimum Gasteiger partial charge on any atom is -0.341 e. The molecule has 1 aromatic rings. The molecule has 1 amide bonds. The Labute approximate surface area is 145 Å². The van der Waals surface area contributed by atoms with Crippen LogP contribution in [0.2, 0.25) is 0 Å². The molecule has 4 heteroatoms. The van der Waals surface area contributed by atoms with Crippen molar-refractivity contribution in [2.75, 3.05) is 26.2 Å². The molecule has 0 aromatic heterocycles. The molecule has 1 aliphatic carbocycles. The van der Waals surface area contributed by atoms with Crippen molar-refractivity contribution in [1.29, 1.82) is 5.26 Å². The lowest BCUT2D eigenvalue weighted by Crippen LogP contribution is -2.39. The van der Waals surface area contributed by atoms with E-state index in [-0.39, 0.29) is 5.92 Å². The molecule has 4 nitrogen and oxygen atoms in total. The van der Waals surface area contributed by atoms with E-state index < -0.39 is 0 Å². The van der Waals surface area contributed by atoms with Crippen LogP contribution in [-0.2, 0) is 11.3 Å². The molecule has 1 aliphatic heterocycles. The number of carbonyl (C=O) groups excluding carboxylic acids is 1. The summed E-state index contributed by atoms with van der Waals surface area (Å²) < 4.78 is 0. The fourth-order valence-corrected chi connectivity index (χ4v) is 3.90. The van der Waals surface area contributed by atoms with Crippen LogP contribution in [0, 0.1) is 17.2 Å². The van der Waals surface area contributed by atoms with Crippen LogP contribution in [0.25, 0.3) is 0 Å². The summed E-state index contributed by atoms with van der Waals surface area (Å²) in [6, 6.07) is 9.99. The van der Waals surface area contributed by atoms with Gasteiger partial charge in [0.15, 0.2) is 0 Å². The zero-order chi connectivity index (χ0) is 16.8. The zero-order valence-electron chi connectivity index (χ0n) is 14.4. The van der Waals surface area contributed by atoms with Crippen molar-refractivity contribution in [2.45, 2.75) is 45.1 Å². The lowest BCUT2D eigenvalue weighted by atomic mass is 9.88. The van der Waals surface area contributed by atoms with Crippen LogP contribution in [0.5, 0.6) is 0 Å². The van der Waals surface area contributed by atoms with E-state index in [0.717, 1.165) is 52.0 Å². The van der Waals surface area contributed by atoms with E-state index >= 15 is 0 Å². The van der Waals surface area contributed by atoms with Gasteiger partial charge in [-0.3, -0.25) is 9.69 Å². The quantitative estimate of drug-likeness (QED) is 0.857. The Balaban J connectivity index is 1.52. The van der Waals surface area contributed by atoms with Gasteiger partial charge >= 0.3 is 0 Å². The summed E-state index contributed by atoms with van der Waals surface area (Å²) in [6.45, 7) is 4.63. The summed E-state index contributed by atoms with van der Waals surface area (Å²) in [6.07, 6.45) is 6.95. The number of carbonyl (C=O) groups is 1. The molecule has 1 heterocycles. The highest BCUT2D eigenvalue weighted by atomic mass is 16.2. The summed E-state index contributed by atoms with van der Waals surface area (Å²) >= 11 is 0. The summed E-state index contributed by atoms with van der Waals surface area (Å²) in [5.74, 6) is 0.679. The molecule has 0 spiro atoms. The van der Waals surface area contributed by atoms with Crippen LogP contribution >= 0.6 is 0 Å². The van der Waals surface area contributed by atoms with Gasteiger partial charge in [0.1, 0.15) is 0 Å². The first-order chi connectivity index (χ1) is 11.8. The zero-order valence-corrected chi connectivity index (χ0v) is 14.4. The smallest absolute Gasteiger partial charge is 0.225 e. The van der Waals surface area contributed by atoms with Crippen LogP contribution in [0.4, 0.5) is 0 Å². The molecule has 0 N–H and O–H groups in total. The minimum absolute atomic E-state index is 0.281. The fourth-order valence-electron chi connectivity index (χ4n) is 3.90. The Hall–Kier alpha value is -1.86. The van der Waals surface area contributed by atoms with Gasteiger partial charge in [-0.15, -0.1) is 0 Å². The highest BCUT2D eigenvalue weighted by molar-refractivity contribution is 5.79. The number of benzene rings is 1. The number of amides is 1. The Kier molecular flexibility index (Phi) is 5.87. The number of hydrogen-bond acceptors (Lipinski definition) is 3. The summed E-state index contributed by atoms with van der Waals surface area (Å²) in [4.78, 5) is 17.3. The van der Waals surface area contributed by atoms with Gasteiger partial charge in [0.2, 0.25) is 5.91 Å². The topological polar surface area (TPSA) is 47.3 Å². The van der Waals surface area contributed by atoms with E-state index in [9.17, 15) is 4.79 Å². The van der Waals surface area contributed by atoms with E-state index in [2.05, 4.69) is 15.9 Å². The van der Waals surface area contributed by atoms with Gasteiger partial charge in [-0.05, 0) is 37.0 Å². The first-order valence-corrected chi connectivity index (χ1v) is 9.26. The number of rotatable bonds is 3. The first-order valence-electron chi connectivity index (χ1n) is 9.26. The Morgan fingerprint density at radius 3 is 2.46 bits per heavy atom. The fraction of sp³-hybridized carbons (Fsp3) is 0.600. The molecule has 1 saturated heterocycles. The van der Waals surface area contributed by atoms with Gasteiger partial charge in [-0.25, -0.2) is 0 Å². The van der Waals surface area contributed by atoms with Crippen molar-refractivity contribution in [3.8, 4) is 6.07 Å². The third-order valence-corrected chi connectivity index (χ3v) is 5.34. The summed E-state index contributed by atoms with van der Waals surface area (Å²) in [5.41, 5.74) is 1.94. The average molecular weight is 325 g/mol. The average Bonchev–Trinajstić information content (AvgIpc) is 2.88. The van der Waals surface area contributed by atoms with Gasteiger partial charge in [0.25, 0.3) is 0 Å². The second-order valence-electron chi connectivity index (χ2n) is 7.10. The van der Waals surface area contributed by atoms with Gasteiger partial charge in [-0.1, -0.05) is 31.4 Å².